The van der Waals surface area contributed by atoms with Crippen LogP contribution in [0.1, 0.15) is 30.3 Å². The van der Waals surface area contributed by atoms with Gasteiger partial charge in [-0.2, -0.15) is 0 Å². The number of benzene rings is 1. The smallest absolute Gasteiger partial charge is 0.111 e. The van der Waals surface area contributed by atoms with Crippen LogP contribution in [0.25, 0.3) is 11.0 Å². The van der Waals surface area contributed by atoms with Gasteiger partial charge in [-0.15, -0.1) is 11.6 Å². The molecule has 1 fully saturated rings. The number of ether oxygens (including phenoxy) is 1. The highest BCUT2D eigenvalue weighted by Gasteiger charge is 2.32. The first-order chi connectivity index (χ1) is 9.24. The van der Waals surface area contributed by atoms with E-state index in [0.717, 1.165) is 30.6 Å². The Morgan fingerprint density at radius 1 is 1.42 bits per heavy atom. The number of hydrogen-bond donors (Lipinski definition) is 0. The predicted octanol–water partition coefficient (Wildman–Crippen LogP) is 3.48. The molecule has 102 valence electrons. The minimum absolute atomic E-state index is 0.399. The van der Waals surface area contributed by atoms with Crippen LogP contribution in [0.15, 0.2) is 18.2 Å². The molecule has 0 amide bonds. The van der Waals surface area contributed by atoms with Crippen molar-refractivity contribution in [3.8, 4) is 0 Å². The van der Waals surface area contributed by atoms with Crippen molar-refractivity contribution in [1.82, 2.24) is 9.55 Å². The number of aromatic nitrogens is 2. The number of methoxy groups -OCH3 is 1. The van der Waals surface area contributed by atoms with E-state index in [1.165, 1.54) is 11.1 Å². The molecule has 0 bridgehead atoms. The lowest BCUT2D eigenvalue weighted by Crippen LogP contribution is -2.33. The number of rotatable bonds is 4. The highest BCUT2D eigenvalue weighted by atomic mass is 35.5. The molecule has 4 heteroatoms. The van der Waals surface area contributed by atoms with Gasteiger partial charge in [-0.3, -0.25) is 0 Å². The lowest BCUT2D eigenvalue weighted by molar-refractivity contribution is 0.00664. The highest BCUT2D eigenvalue weighted by Crippen LogP contribution is 2.38. The van der Waals surface area contributed by atoms with Gasteiger partial charge < -0.3 is 9.30 Å². The van der Waals surface area contributed by atoms with Crippen molar-refractivity contribution in [3.05, 3.63) is 29.6 Å². The fourth-order valence-electron chi connectivity index (χ4n) is 2.91. The summed E-state index contributed by atoms with van der Waals surface area (Å²) >= 11 is 5.92. The fourth-order valence-corrected chi connectivity index (χ4v) is 3.08. The molecule has 1 aliphatic carbocycles. The monoisotopic (exact) mass is 278 g/mol. The first-order valence-corrected chi connectivity index (χ1v) is 7.33. The van der Waals surface area contributed by atoms with E-state index in [4.69, 9.17) is 21.3 Å². The van der Waals surface area contributed by atoms with Crippen molar-refractivity contribution in [1.29, 1.82) is 0 Å². The molecule has 2 aromatic rings. The lowest BCUT2D eigenvalue weighted by atomic mass is 9.88. The molecule has 19 heavy (non-hydrogen) atoms. The molecule has 0 spiro atoms. The first kappa shape index (κ1) is 12.9. The molecule has 0 aliphatic heterocycles. The van der Waals surface area contributed by atoms with Gasteiger partial charge in [0.1, 0.15) is 5.82 Å². The van der Waals surface area contributed by atoms with Gasteiger partial charge in [-0.05, 0) is 31.4 Å². The Balaban J connectivity index is 2.05. The van der Waals surface area contributed by atoms with Gasteiger partial charge in [0.25, 0.3) is 0 Å². The summed E-state index contributed by atoms with van der Waals surface area (Å²) in [5.74, 6) is 1.72. The number of imidazole rings is 1. The van der Waals surface area contributed by atoms with Crippen molar-refractivity contribution in [2.45, 2.75) is 38.3 Å². The maximum atomic E-state index is 5.92. The van der Waals surface area contributed by atoms with Crippen LogP contribution in [0.3, 0.4) is 0 Å². The Labute approximate surface area is 118 Å². The quantitative estimate of drug-likeness (QED) is 0.801. The normalized spacial score (nSPS) is 22.7. The SMILES string of the molecule is COC1CC(n2c(CCCl)nc3c(C)cccc32)C1. The summed E-state index contributed by atoms with van der Waals surface area (Å²) in [6.07, 6.45) is 3.37. The lowest BCUT2D eigenvalue weighted by Gasteiger charge is -2.36. The van der Waals surface area contributed by atoms with Gasteiger partial charge in [-0.1, -0.05) is 12.1 Å². The Kier molecular flexibility index (Phi) is 3.50. The molecular weight excluding hydrogens is 260 g/mol. The maximum absolute atomic E-state index is 5.92. The number of fused-ring (bicyclic) bond motifs is 1. The number of nitrogens with zero attached hydrogens (tertiary/aromatic N) is 2. The zero-order chi connectivity index (χ0) is 13.4. The average Bonchev–Trinajstić information content (AvgIpc) is 2.69. The maximum Gasteiger partial charge on any atom is 0.111 e. The van der Waals surface area contributed by atoms with Gasteiger partial charge in [0, 0.05) is 25.5 Å². The number of para-hydroxylation sites is 1. The molecule has 1 saturated carbocycles. The topological polar surface area (TPSA) is 27.1 Å². The third-order valence-electron chi connectivity index (χ3n) is 4.08. The van der Waals surface area contributed by atoms with E-state index in [2.05, 4.69) is 29.7 Å². The number of alkyl halides is 1. The second kappa shape index (κ2) is 5.14. The molecule has 3 nitrogen and oxygen atoms in total. The highest BCUT2D eigenvalue weighted by molar-refractivity contribution is 6.17. The molecule has 0 N–H and O–H groups in total. The third-order valence-corrected chi connectivity index (χ3v) is 4.27. The van der Waals surface area contributed by atoms with E-state index in [1.807, 2.05) is 0 Å². The molecule has 0 atom stereocenters. The van der Waals surface area contributed by atoms with Gasteiger partial charge >= 0.3 is 0 Å². The van der Waals surface area contributed by atoms with Crippen molar-refractivity contribution < 1.29 is 4.74 Å². The van der Waals surface area contributed by atoms with Crippen LogP contribution < -0.4 is 0 Å². The molecule has 0 radical (unpaired) electrons. The Hall–Kier alpha value is -1.06. The van der Waals surface area contributed by atoms with Crippen LogP contribution in [0.4, 0.5) is 0 Å². The standard InChI is InChI=1S/C15H19ClN2O/c1-10-4-3-5-13-15(10)17-14(6-7-16)18(13)11-8-12(9-11)19-2/h3-5,11-12H,6-9H2,1-2H3. The number of aryl methyl sites for hydroxylation is 2. The summed E-state index contributed by atoms with van der Waals surface area (Å²) in [5.41, 5.74) is 3.58. The van der Waals surface area contributed by atoms with Crippen molar-refractivity contribution in [2.75, 3.05) is 13.0 Å². The van der Waals surface area contributed by atoms with Gasteiger partial charge in [0.05, 0.1) is 17.1 Å². The third kappa shape index (κ3) is 2.15. The molecule has 1 aromatic heterocycles. The molecular formula is C15H19ClN2O. The summed E-state index contributed by atoms with van der Waals surface area (Å²) in [6.45, 7) is 2.11. The molecule has 0 unspecified atom stereocenters. The predicted molar refractivity (Wildman–Crippen MR) is 78.0 cm³/mol. The summed E-state index contributed by atoms with van der Waals surface area (Å²) in [6, 6.07) is 6.89. The Bertz CT molecular complexity index is 587. The fraction of sp³-hybridized carbons (Fsp3) is 0.533. The average molecular weight is 279 g/mol. The number of halogens is 1. The minimum Gasteiger partial charge on any atom is -0.381 e. The minimum atomic E-state index is 0.399. The van der Waals surface area contributed by atoms with E-state index in [1.54, 1.807) is 7.11 Å². The van der Waals surface area contributed by atoms with Gasteiger partial charge in [0.2, 0.25) is 0 Å². The summed E-state index contributed by atoms with van der Waals surface area (Å²) < 4.78 is 7.77. The second-order valence-electron chi connectivity index (χ2n) is 5.26. The van der Waals surface area contributed by atoms with Crippen molar-refractivity contribution >= 4 is 22.6 Å². The van der Waals surface area contributed by atoms with Crippen molar-refractivity contribution in [3.63, 3.8) is 0 Å². The summed E-state index contributed by atoms with van der Waals surface area (Å²) in [5, 5.41) is 0. The Morgan fingerprint density at radius 3 is 2.89 bits per heavy atom. The van der Waals surface area contributed by atoms with Crippen LogP contribution in [0.5, 0.6) is 0 Å². The van der Waals surface area contributed by atoms with Crippen LogP contribution >= 0.6 is 11.6 Å². The van der Waals surface area contributed by atoms with Crippen LogP contribution in [0.2, 0.25) is 0 Å². The summed E-state index contributed by atoms with van der Waals surface area (Å²) in [7, 11) is 1.79. The van der Waals surface area contributed by atoms with E-state index < -0.39 is 0 Å². The van der Waals surface area contributed by atoms with Crippen LogP contribution in [0, 0.1) is 6.92 Å². The molecule has 1 heterocycles. The molecule has 1 aliphatic rings. The zero-order valence-electron chi connectivity index (χ0n) is 11.4. The van der Waals surface area contributed by atoms with Gasteiger partial charge in [-0.25, -0.2) is 4.98 Å². The second-order valence-corrected chi connectivity index (χ2v) is 5.64. The van der Waals surface area contributed by atoms with Crippen LogP contribution in [-0.2, 0) is 11.2 Å². The largest absolute Gasteiger partial charge is 0.381 e. The number of hydrogen-bond acceptors (Lipinski definition) is 2. The van der Waals surface area contributed by atoms with Crippen molar-refractivity contribution in [2.24, 2.45) is 0 Å². The van der Waals surface area contributed by atoms with Gasteiger partial charge in [0.15, 0.2) is 0 Å². The molecule has 3 rings (SSSR count). The van der Waals surface area contributed by atoms with E-state index >= 15 is 0 Å². The van der Waals surface area contributed by atoms with E-state index in [0.29, 0.717) is 18.0 Å². The molecule has 1 aromatic carbocycles. The van der Waals surface area contributed by atoms with Crippen LogP contribution in [-0.4, -0.2) is 28.6 Å². The zero-order valence-corrected chi connectivity index (χ0v) is 12.2. The Morgan fingerprint density at radius 2 is 2.21 bits per heavy atom. The first-order valence-electron chi connectivity index (χ1n) is 6.79. The van der Waals surface area contributed by atoms with E-state index in [-0.39, 0.29) is 0 Å². The van der Waals surface area contributed by atoms with E-state index in [9.17, 15) is 0 Å². The molecule has 0 saturated heterocycles. The summed E-state index contributed by atoms with van der Waals surface area (Å²) in [4.78, 5) is 4.79.